The lowest BCUT2D eigenvalue weighted by Crippen LogP contribution is -2.26. The van der Waals surface area contributed by atoms with Crippen LogP contribution in [0.4, 0.5) is 4.39 Å². The second kappa shape index (κ2) is 5.58. The molecule has 0 spiro atoms. The number of carbonyl (C=O) groups excluding carboxylic acids is 1. The molecule has 0 unspecified atom stereocenters. The van der Waals surface area contributed by atoms with E-state index in [0.717, 1.165) is 5.69 Å². The van der Waals surface area contributed by atoms with E-state index in [2.05, 4.69) is 20.9 Å². The van der Waals surface area contributed by atoms with E-state index in [4.69, 9.17) is 0 Å². The van der Waals surface area contributed by atoms with Gasteiger partial charge in [0.1, 0.15) is 5.82 Å². The van der Waals surface area contributed by atoms with E-state index in [1.807, 2.05) is 5.38 Å². The summed E-state index contributed by atoms with van der Waals surface area (Å²) in [4.78, 5) is 17.8. The zero-order valence-electron chi connectivity index (χ0n) is 9.56. The molecule has 94 valence electrons. The molecule has 0 aliphatic heterocycles. The van der Waals surface area contributed by atoms with Crippen molar-refractivity contribution >= 4 is 33.2 Å². The van der Waals surface area contributed by atoms with Crippen molar-refractivity contribution in [3.63, 3.8) is 0 Å². The highest BCUT2D eigenvalue weighted by atomic mass is 79.9. The van der Waals surface area contributed by atoms with Crippen molar-refractivity contribution in [2.24, 2.45) is 0 Å². The molecule has 3 nitrogen and oxygen atoms in total. The van der Waals surface area contributed by atoms with Gasteiger partial charge in [-0.1, -0.05) is 0 Å². The van der Waals surface area contributed by atoms with Crippen molar-refractivity contribution < 1.29 is 9.18 Å². The van der Waals surface area contributed by atoms with Gasteiger partial charge in [0.2, 0.25) is 0 Å². The molecular weight excluding hydrogens is 319 g/mol. The summed E-state index contributed by atoms with van der Waals surface area (Å²) in [5, 5.41) is 1.88. The van der Waals surface area contributed by atoms with E-state index in [1.54, 1.807) is 12.6 Å². The zero-order chi connectivity index (χ0) is 13.1. The number of nitrogens with zero attached hydrogens (tertiary/aromatic N) is 2. The molecule has 0 radical (unpaired) electrons. The molecule has 0 aliphatic rings. The minimum absolute atomic E-state index is 0.241. The van der Waals surface area contributed by atoms with Crippen LogP contribution in [-0.2, 0) is 6.54 Å². The highest BCUT2D eigenvalue weighted by Crippen LogP contribution is 2.20. The quantitative estimate of drug-likeness (QED) is 0.865. The number of hydrogen-bond donors (Lipinski definition) is 0. The Morgan fingerprint density at radius 3 is 3.00 bits per heavy atom. The first-order valence-electron chi connectivity index (χ1n) is 5.15. The number of halogens is 2. The smallest absolute Gasteiger partial charge is 0.255 e. The summed E-state index contributed by atoms with van der Waals surface area (Å²) < 4.78 is 13.7. The van der Waals surface area contributed by atoms with Crippen LogP contribution in [0.1, 0.15) is 16.1 Å². The third-order valence-electron chi connectivity index (χ3n) is 2.39. The van der Waals surface area contributed by atoms with Gasteiger partial charge in [-0.25, -0.2) is 9.37 Å². The molecule has 2 aromatic rings. The number of aromatic nitrogens is 1. The van der Waals surface area contributed by atoms with E-state index < -0.39 is 5.82 Å². The Balaban J connectivity index is 2.17. The summed E-state index contributed by atoms with van der Waals surface area (Å²) in [5.41, 5.74) is 2.85. The fourth-order valence-corrected chi connectivity index (χ4v) is 2.46. The summed E-state index contributed by atoms with van der Waals surface area (Å²) in [5.74, 6) is -0.669. The number of carbonyl (C=O) groups is 1. The Hall–Kier alpha value is -1.27. The monoisotopic (exact) mass is 328 g/mol. The van der Waals surface area contributed by atoms with Crippen molar-refractivity contribution in [2.75, 3.05) is 7.05 Å². The van der Waals surface area contributed by atoms with Crippen LogP contribution in [0.5, 0.6) is 0 Å². The second-order valence-corrected chi connectivity index (χ2v) is 5.34. The number of hydrogen-bond acceptors (Lipinski definition) is 3. The fraction of sp³-hybridized carbons (Fsp3) is 0.167. The van der Waals surface area contributed by atoms with Gasteiger partial charge in [0.25, 0.3) is 5.91 Å². The Morgan fingerprint density at radius 2 is 2.33 bits per heavy atom. The number of thiazole rings is 1. The largest absolute Gasteiger partial charge is 0.336 e. The highest BCUT2D eigenvalue weighted by Gasteiger charge is 2.16. The number of amides is 1. The van der Waals surface area contributed by atoms with Gasteiger partial charge in [-0.2, -0.15) is 0 Å². The molecule has 0 bridgehead atoms. The van der Waals surface area contributed by atoms with Crippen molar-refractivity contribution in [2.45, 2.75) is 6.54 Å². The van der Waals surface area contributed by atoms with Crippen molar-refractivity contribution in [1.29, 1.82) is 0 Å². The first-order chi connectivity index (χ1) is 8.58. The minimum atomic E-state index is -0.427. The summed E-state index contributed by atoms with van der Waals surface area (Å²) in [7, 11) is 1.67. The first kappa shape index (κ1) is 13.2. The standard InChI is InChI=1S/C12H10BrFN2OS/c1-16(5-9-6-18-7-15-9)12(17)10-4-8(14)2-3-11(10)13/h2-4,6-7H,5H2,1H3. The summed E-state index contributed by atoms with van der Waals surface area (Å²) in [6.07, 6.45) is 0. The number of benzene rings is 1. The van der Waals surface area contributed by atoms with Crippen LogP contribution in [0.25, 0.3) is 0 Å². The lowest BCUT2D eigenvalue weighted by Gasteiger charge is -2.16. The molecule has 0 atom stereocenters. The van der Waals surface area contributed by atoms with Gasteiger partial charge in [0, 0.05) is 16.9 Å². The van der Waals surface area contributed by atoms with Gasteiger partial charge >= 0.3 is 0 Å². The molecule has 1 heterocycles. The Bertz CT molecular complexity index is 559. The fourth-order valence-electron chi connectivity index (χ4n) is 1.50. The van der Waals surface area contributed by atoms with E-state index in [1.165, 1.54) is 34.4 Å². The lowest BCUT2D eigenvalue weighted by molar-refractivity contribution is 0.0782. The minimum Gasteiger partial charge on any atom is -0.336 e. The summed E-state index contributed by atoms with van der Waals surface area (Å²) in [6.45, 7) is 0.408. The van der Waals surface area contributed by atoms with E-state index in [9.17, 15) is 9.18 Å². The normalized spacial score (nSPS) is 10.4. The molecule has 0 aliphatic carbocycles. The maximum absolute atomic E-state index is 13.1. The zero-order valence-corrected chi connectivity index (χ0v) is 12.0. The second-order valence-electron chi connectivity index (χ2n) is 3.77. The van der Waals surface area contributed by atoms with E-state index in [-0.39, 0.29) is 5.91 Å². The molecule has 6 heteroatoms. The molecule has 1 aromatic heterocycles. The predicted octanol–water partition coefficient (Wildman–Crippen LogP) is 3.32. The molecule has 0 fully saturated rings. The van der Waals surface area contributed by atoms with Crippen LogP contribution in [0, 0.1) is 5.82 Å². The van der Waals surface area contributed by atoms with Crippen LogP contribution in [0.15, 0.2) is 33.6 Å². The molecule has 0 saturated heterocycles. The van der Waals surface area contributed by atoms with Crippen LogP contribution in [0.3, 0.4) is 0 Å². The molecule has 0 N–H and O–H groups in total. The van der Waals surface area contributed by atoms with Crippen LogP contribution in [0.2, 0.25) is 0 Å². The third kappa shape index (κ3) is 2.94. The predicted molar refractivity (Wildman–Crippen MR) is 72.0 cm³/mol. The van der Waals surface area contributed by atoms with E-state index in [0.29, 0.717) is 16.6 Å². The summed E-state index contributed by atoms with van der Waals surface area (Å²) >= 11 is 4.73. The third-order valence-corrected chi connectivity index (χ3v) is 3.71. The Kier molecular flexibility index (Phi) is 4.08. The van der Waals surface area contributed by atoms with Crippen LogP contribution >= 0.6 is 27.3 Å². The number of rotatable bonds is 3. The van der Waals surface area contributed by atoms with Gasteiger partial charge in [-0.15, -0.1) is 11.3 Å². The van der Waals surface area contributed by atoms with Gasteiger partial charge in [-0.05, 0) is 34.1 Å². The van der Waals surface area contributed by atoms with Crippen molar-refractivity contribution in [1.82, 2.24) is 9.88 Å². The average Bonchev–Trinajstić information content (AvgIpc) is 2.84. The molecule has 18 heavy (non-hydrogen) atoms. The van der Waals surface area contributed by atoms with Crippen LogP contribution < -0.4 is 0 Å². The highest BCUT2D eigenvalue weighted by molar-refractivity contribution is 9.10. The van der Waals surface area contributed by atoms with Crippen LogP contribution in [-0.4, -0.2) is 22.8 Å². The molecule has 0 saturated carbocycles. The summed E-state index contributed by atoms with van der Waals surface area (Å²) in [6, 6.07) is 4.06. The molecule has 1 aromatic carbocycles. The average molecular weight is 329 g/mol. The Morgan fingerprint density at radius 1 is 1.56 bits per heavy atom. The Labute approximate surface area is 116 Å². The SMILES string of the molecule is CN(Cc1cscn1)C(=O)c1cc(F)ccc1Br. The van der Waals surface area contributed by atoms with Gasteiger partial charge in [0.05, 0.1) is 23.3 Å². The molecular formula is C12H10BrFN2OS. The maximum Gasteiger partial charge on any atom is 0.255 e. The van der Waals surface area contributed by atoms with E-state index >= 15 is 0 Å². The van der Waals surface area contributed by atoms with Gasteiger partial charge in [-0.3, -0.25) is 4.79 Å². The molecule has 2 rings (SSSR count). The topological polar surface area (TPSA) is 33.2 Å². The van der Waals surface area contributed by atoms with Gasteiger partial charge < -0.3 is 4.90 Å². The maximum atomic E-state index is 13.1. The van der Waals surface area contributed by atoms with Crippen molar-refractivity contribution in [3.8, 4) is 0 Å². The van der Waals surface area contributed by atoms with Gasteiger partial charge in [0.15, 0.2) is 0 Å². The van der Waals surface area contributed by atoms with Crippen molar-refractivity contribution in [3.05, 3.63) is 50.6 Å². The lowest BCUT2D eigenvalue weighted by atomic mass is 10.2. The molecule has 1 amide bonds. The first-order valence-corrected chi connectivity index (χ1v) is 6.89.